The summed E-state index contributed by atoms with van der Waals surface area (Å²) in [5, 5.41) is 5.61. The lowest BCUT2D eigenvalue weighted by Gasteiger charge is -2.00. The first-order chi connectivity index (χ1) is 12.5. The van der Waals surface area contributed by atoms with Gasteiger partial charge in [0.1, 0.15) is 12.2 Å². The van der Waals surface area contributed by atoms with E-state index in [1.54, 1.807) is 35.9 Å². The number of aryl methyl sites for hydroxylation is 2. The lowest BCUT2D eigenvalue weighted by molar-refractivity contribution is 0.1000. The molecule has 0 aliphatic rings. The smallest absolute Gasteiger partial charge is 0.248 e. The van der Waals surface area contributed by atoms with E-state index in [0.29, 0.717) is 10.6 Å². The second-order valence-electron chi connectivity index (χ2n) is 5.15. The highest BCUT2D eigenvalue weighted by Crippen LogP contribution is 2.21. The summed E-state index contributed by atoms with van der Waals surface area (Å²) < 4.78 is 1.81. The van der Waals surface area contributed by atoms with Crippen LogP contribution in [0, 0.1) is 0 Å². The van der Waals surface area contributed by atoms with Gasteiger partial charge in [0, 0.05) is 33.0 Å². The van der Waals surface area contributed by atoms with E-state index in [0.717, 1.165) is 28.7 Å². The van der Waals surface area contributed by atoms with Crippen LogP contribution in [0.25, 0.3) is 5.13 Å². The highest BCUT2D eigenvalue weighted by molar-refractivity contribution is 7.98. The maximum atomic E-state index is 10.8. The van der Waals surface area contributed by atoms with E-state index in [2.05, 4.69) is 28.9 Å². The van der Waals surface area contributed by atoms with E-state index in [1.807, 2.05) is 17.1 Å². The number of amides is 1. The predicted molar refractivity (Wildman–Crippen MR) is 108 cm³/mol. The minimum absolute atomic E-state index is 0.451. The van der Waals surface area contributed by atoms with Crippen LogP contribution in [0.3, 0.4) is 0 Å². The number of thiazole rings is 1. The first-order valence-corrected chi connectivity index (χ1v) is 10.4. The minimum Gasteiger partial charge on any atom is -0.366 e. The van der Waals surface area contributed by atoms with Crippen molar-refractivity contribution in [2.75, 3.05) is 6.26 Å². The van der Waals surface area contributed by atoms with Gasteiger partial charge in [-0.15, -0.1) is 11.8 Å². The Kier molecular flexibility index (Phi) is 7.62. The van der Waals surface area contributed by atoms with Crippen LogP contribution >= 0.6 is 34.7 Å². The molecule has 3 aromatic rings. The molecule has 2 heterocycles. The van der Waals surface area contributed by atoms with Gasteiger partial charge in [-0.25, -0.2) is 9.97 Å². The molecule has 9 heteroatoms. The van der Waals surface area contributed by atoms with Gasteiger partial charge in [0.05, 0.1) is 0 Å². The fraction of sp³-hybridized carbons (Fsp3) is 0.294. The molecule has 1 amide bonds. The number of primary amides is 1. The number of halogens is 1. The molecule has 0 aliphatic carbocycles. The third-order valence-corrected chi connectivity index (χ3v) is 5.44. The number of thioether (sulfide) groups is 1. The summed E-state index contributed by atoms with van der Waals surface area (Å²) in [5.41, 5.74) is 5.55. The summed E-state index contributed by atoms with van der Waals surface area (Å²) in [6.45, 7) is 4.19. The number of nitrogens with zero attached hydrogens (tertiary/aromatic N) is 4. The van der Waals surface area contributed by atoms with E-state index in [-0.39, 0.29) is 0 Å². The third kappa shape index (κ3) is 5.30. The molecule has 1 aromatic carbocycles. The van der Waals surface area contributed by atoms with Crippen molar-refractivity contribution in [2.24, 2.45) is 5.73 Å². The van der Waals surface area contributed by atoms with Crippen molar-refractivity contribution in [3.8, 4) is 5.13 Å². The Bertz CT molecular complexity index is 878. The molecule has 6 nitrogen and oxygen atoms in total. The number of hydrogen-bond donors (Lipinski definition) is 1. The topological polar surface area (TPSA) is 86.7 Å². The van der Waals surface area contributed by atoms with Crippen LogP contribution in [-0.4, -0.2) is 31.9 Å². The van der Waals surface area contributed by atoms with Crippen LogP contribution < -0.4 is 5.73 Å². The molecule has 138 valence electrons. The van der Waals surface area contributed by atoms with Crippen molar-refractivity contribution in [2.45, 2.75) is 31.6 Å². The van der Waals surface area contributed by atoms with Gasteiger partial charge in [-0.2, -0.15) is 9.78 Å². The second-order valence-corrected chi connectivity index (χ2v) is 7.56. The van der Waals surface area contributed by atoms with Crippen LogP contribution in [0.2, 0.25) is 5.02 Å². The number of benzene rings is 1. The number of rotatable bonds is 5. The molecule has 0 radical (unpaired) electrons. The van der Waals surface area contributed by atoms with E-state index >= 15 is 0 Å². The molecule has 26 heavy (non-hydrogen) atoms. The van der Waals surface area contributed by atoms with Gasteiger partial charge in [0.25, 0.3) is 0 Å². The molecule has 2 N–H and O–H groups in total. The summed E-state index contributed by atoms with van der Waals surface area (Å²) in [6, 6.07) is 5.07. The fourth-order valence-electron chi connectivity index (χ4n) is 2.05. The lowest BCUT2D eigenvalue weighted by atomic mass is 10.2. The fourth-order valence-corrected chi connectivity index (χ4v) is 3.67. The summed E-state index contributed by atoms with van der Waals surface area (Å²) >= 11 is 8.94. The Morgan fingerprint density at radius 2 is 2.04 bits per heavy atom. The highest BCUT2D eigenvalue weighted by Gasteiger charge is 2.08. The molecule has 3 rings (SSSR count). The van der Waals surface area contributed by atoms with Crippen molar-refractivity contribution in [3.63, 3.8) is 0 Å². The Morgan fingerprint density at radius 3 is 2.62 bits per heavy atom. The molecule has 2 aromatic heterocycles. The Labute approximate surface area is 165 Å². The molecule has 0 bridgehead atoms. The van der Waals surface area contributed by atoms with Gasteiger partial charge >= 0.3 is 0 Å². The Morgan fingerprint density at radius 1 is 1.27 bits per heavy atom. The summed E-state index contributed by atoms with van der Waals surface area (Å²) in [7, 11) is 0. The SMILES string of the molecule is CCc1cnc(-n2ncnc2CC)s1.CSc1cc(Cl)cc(C(N)=O)c1. The van der Waals surface area contributed by atoms with Crippen LogP contribution in [0.15, 0.2) is 35.6 Å². The lowest BCUT2D eigenvalue weighted by Crippen LogP contribution is -2.10. The molecule has 0 aliphatic heterocycles. The maximum Gasteiger partial charge on any atom is 0.248 e. The number of hydrogen-bond acceptors (Lipinski definition) is 6. The normalized spacial score (nSPS) is 10.3. The number of aromatic nitrogens is 4. The van der Waals surface area contributed by atoms with Gasteiger partial charge in [0.2, 0.25) is 11.0 Å². The second kappa shape index (κ2) is 9.70. The largest absolute Gasteiger partial charge is 0.366 e. The average molecular weight is 410 g/mol. The van der Waals surface area contributed by atoms with Crippen molar-refractivity contribution in [3.05, 3.63) is 52.0 Å². The summed E-state index contributed by atoms with van der Waals surface area (Å²) in [5.74, 6) is 0.509. The van der Waals surface area contributed by atoms with Gasteiger partial charge in [-0.05, 0) is 30.9 Å². The van der Waals surface area contributed by atoms with E-state index in [1.165, 1.54) is 16.6 Å². The summed E-state index contributed by atoms with van der Waals surface area (Å²) in [4.78, 5) is 21.5. The van der Waals surface area contributed by atoms with Gasteiger partial charge < -0.3 is 5.73 Å². The molecule has 0 fully saturated rings. The van der Waals surface area contributed by atoms with E-state index in [4.69, 9.17) is 17.3 Å². The molecule has 0 saturated carbocycles. The molecular weight excluding hydrogens is 390 g/mol. The van der Waals surface area contributed by atoms with Crippen molar-refractivity contribution >= 4 is 40.6 Å². The van der Waals surface area contributed by atoms with Crippen LogP contribution in [0.1, 0.15) is 34.9 Å². The van der Waals surface area contributed by atoms with Crippen LogP contribution in [0.4, 0.5) is 0 Å². The van der Waals surface area contributed by atoms with Crippen LogP contribution in [0.5, 0.6) is 0 Å². The molecular formula is C17H20ClN5OS2. The monoisotopic (exact) mass is 409 g/mol. The number of carbonyl (C=O) groups is 1. The minimum atomic E-state index is -0.451. The van der Waals surface area contributed by atoms with Crippen LogP contribution in [-0.2, 0) is 12.8 Å². The summed E-state index contributed by atoms with van der Waals surface area (Å²) in [6.07, 6.45) is 7.29. The number of carbonyl (C=O) groups excluding carboxylic acids is 1. The maximum absolute atomic E-state index is 10.8. The number of nitrogens with two attached hydrogens (primary N) is 1. The average Bonchev–Trinajstić information content (AvgIpc) is 3.29. The van der Waals surface area contributed by atoms with Gasteiger partial charge in [0.15, 0.2) is 0 Å². The van der Waals surface area contributed by atoms with Crippen molar-refractivity contribution in [1.82, 2.24) is 19.7 Å². The van der Waals surface area contributed by atoms with E-state index < -0.39 is 5.91 Å². The molecule has 0 unspecified atom stereocenters. The molecule has 0 atom stereocenters. The Hall–Kier alpha value is -1.90. The predicted octanol–water partition coefficient (Wildman–Crippen LogP) is 4.01. The Balaban J connectivity index is 0.000000190. The van der Waals surface area contributed by atoms with Crippen molar-refractivity contribution < 1.29 is 4.79 Å². The van der Waals surface area contributed by atoms with Gasteiger partial charge in [-0.3, -0.25) is 4.79 Å². The molecule has 0 saturated heterocycles. The zero-order chi connectivity index (χ0) is 19.1. The molecule has 0 spiro atoms. The van der Waals surface area contributed by atoms with Gasteiger partial charge in [-0.1, -0.05) is 36.8 Å². The first kappa shape index (κ1) is 20.4. The standard InChI is InChI=1S/C9H12N4S.C8H8ClNOS/c1-3-7-5-10-9(14-7)13-8(4-2)11-6-12-13;1-12-7-3-5(8(10)11)2-6(9)4-7/h5-6H,3-4H2,1-2H3;2-4H,1H3,(H2,10,11). The van der Waals surface area contributed by atoms with Crippen molar-refractivity contribution in [1.29, 1.82) is 0 Å². The van der Waals surface area contributed by atoms with E-state index in [9.17, 15) is 4.79 Å². The zero-order valence-electron chi connectivity index (χ0n) is 14.8. The third-order valence-electron chi connectivity index (χ3n) is 3.40. The highest BCUT2D eigenvalue weighted by atomic mass is 35.5. The zero-order valence-corrected chi connectivity index (χ0v) is 17.2. The quantitative estimate of drug-likeness (QED) is 0.643. The first-order valence-electron chi connectivity index (χ1n) is 7.96.